The van der Waals surface area contributed by atoms with Crippen LogP contribution in [0.4, 0.5) is 0 Å². The van der Waals surface area contributed by atoms with Crippen molar-refractivity contribution in [2.45, 2.75) is 26.2 Å². The summed E-state index contributed by atoms with van der Waals surface area (Å²) in [6.07, 6.45) is 2.11. The molecule has 0 aliphatic carbocycles. The number of nitrogens with zero attached hydrogens (tertiary/aromatic N) is 1. The smallest absolute Gasteiger partial charge is 0.340 e. The first-order valence-corrected chi connectivity index (χ1v) is 8.01. The molecule has 0 saturated carbocycles. The lowest BCUT2D eigenvalue weighted by Crippen LogP contribution is -2.31. The molecule has 1 aliphatic heterocycles. The minimum atomic E-state index is -0.472. The summed E-state index contributed by atoms with van der Waals surface area (Å²) in [7, 11) is 3.08. The zero-order chi connectivity index (χ0) is 17.3. The summed E-state index contributed by atoms with van der Waals surface area (Å²) in [6.45, 7) is 3.36. The zero-order valence-corrected chi connectivity index (χ0v) is 14.2. The molecule has 1 fully saturated rings. The van der Waals surface area contributed by atoms with Gasteiger partial charge < -0.3 is 18.8 Å². The third-order valence-electron chi connectivity index (χ3n) is 4.58. The van der Waals surface area contributed by atoms with Gasteiger partial charge in [-0.25, -0.2) is 4.79 Å². The molecule has 2 heterocycles. The van der Waals surface area contributed by atoms with Gasteiger partial charge in [0.2, 0.25) is 5.91 Å². The van der Waals surface area contributed by atoms with E-state index in [0.29, 0.717) is 22.6 Å². The van der Waals surface area contributed by atoms with Crippen LogP contribution in [-0.4, -0.2) is 38.1 Å². The van der Waals surface area contributed by atoms with E-state index in [0.717, 1.165) is 36.9 Å². The molecular weight excluding hydrogens is 310 g/mol. The zero-order valence-electron chi connectivity index (χ0n) is 14.2. The van der Waals surface area contributed by atoms with E-state index in [1.165, 1.54) is 7.11 Å². The van der Waals surface area contributed by atoms with Crippen molar-refractivity contribution in [3.8, 4) is 11.5 Å². The largest absolute Gasteiger partial charge is 0.493 e. The van der Waals surface area contributed by atoms with E-state index in [1.54, 1.807) is 24.1 Å². The van der Waals surface area contributed by atoms with Crippen molar-refractivity contribution in [3.63, 3.8) is 0 Å². The topological polar surface area (TPSA) is 69.0 Å². The number of amides is 1. The first kappa shape index (κ1) is 16.4. The number of methoxy groups -OCH3 is 2. The Labute approximate surface area is 140 Å². The molecule has 6 heteroatoms. The molecular formula is C18H21NO5. The van der Waals surface area contributed by atoms with Gasteiger partial charge in [-0.1, -0.05) is 0 Å². The van der Waals surface area contributed by atoms with Gasteiger partial charge in [-0.05, 0) is 31.4 Å². The molecule has 1 aromatic heterocycles. The number of hydrogen-bond acceptors (Lipinski definition) is 5. The van der Waals surface area contributed by atoms with Crippen LogP contribution in [0.1, 0.15) is 24.0 Å². The second kappa shape index (κ2) is 6.55. The van der Waals surface area contributed by atoms with Crippen molar-refractivity contribution < 1.29 is 18.7 Å². The van der Waals surface area contributed by atoms with E-state index < -0.39 is 5.63 Å². The second-order valence-electron chi connectivity index (χ2n) is 5.96. The van der Waals surface area contributed by atoms with Crippen LogP contribution in [0.15, 0.2) is 21.3 Å². The molecule has 1 amide bonds. The van der Waals surface area contributed by atoms with Gasteiger partial charge in [-0.3, -0.25) is 4.79 Å². The molecule has 0 radical (unpaired) electrons. The molecule has 0 unspecified atom stereocenters. The van der Waals surface area contributed by atoms with Gasteiger partial charge in [0, 0.05) is 24.5 Å². The van der Waals surface area contributed by atoms with E-state index in [-0.39, 0.29) is 12.3 Å². The van der Waals surface area contributed by atoms with Crippen molar-refractivity contribution in [1.82, 2.24) is 4.90 Å². The van der Waals surface area contributed by atoms with E-state index in [1.807, 2.05) is 6.92 Å². The monoisotopic (exact) mass is 331 g/mol. The van der Waals surface area contributed by atoms with Crippen LogP contribution in [0.2, 0.25) is 0 Å². The molecule has 3 rings (SSSR count). The Morgan fingerprint density at radius 1 is 1.17 bits per heavy atom. The van der Waals surface area contributed by atoms with Crippen molar-refractivity contribution in [1.29, 1.82) is 0 Å². The van der Waals surface area contributed by atoms with Gasteiger partial charge in [-0.15, -0.1) is 0 Å². The number of rotatable bonds is 4. The van der Waals surface area contributed by atoms with Crippen LogP contribution in [0.5, 0.6) is 11.5 Å². The standard InChI is InChI=1S/C18H21NO5/c1-11-12-8-15(22-2)16(23-3)10-14(12)24-18(21)13(11)9-17(20)19-6-4-5-7-19/h8,10H,4-7,9H2,1-3H3. The molecule has 2 aromatic rings. The highest BCUT2D eigenvalue weighted by Gasteiger charge is 2.22. The SMILES string of the molecule is COc1cc2oc(=O)c(CC(=O)N3CCCC3)c(C)c2cc1OC. The van der Waals surface area contributed by atoms with Gasteiger partial charge in [0.05, 0.1) is 26.2 Å². The van der Waals surface area contributed by atoms with Crippen LogP contribution >= 0.6 is 0 Å². The van der Waals surface area contributed by atoms with Gasteiger partial charge in [0.25, 0.3) is 0 Å². The van der Waals surface area contributed by atoms with Crippen LogP contribution in [0.3, 0.4) is 0 Å². The van der Waals surface area contributed by atoms with Crippen molar-refractivity contribution >= 4 is 16.9 Å². The van der Waals surface area contributed by atoms with E-state index in [2.05, 4.69) is 0 Å². The summed E-state index contributed by atoms with van der Waals surface area (Å²) in [5.74, 6) is 1.02. The minimum Gasteiger partial charge on any atom is -0.493 e. The fraction of sp³-hybridized carbons (Fsp3) is 0.444. The average molecular weight is 331 g/mol. The predicted octanol–water partition coefficient (Wildman–Crippen LogP) is 2.28. The molecule has 0 N–H and O–H groups in total. The van der Waals surface area contributed by atoms with Gasteiger partial charge >= 0.3 is 5.63 Å². The highest BCUT2D eigenvalue weighted by atomic mass is 16.5. The molecule has 0 bridgehead atoms. The summed E-state index contributed by atoms with van der Waals surface area (Å²) in [5, 5.41) is 0.747. The quantitative estimate of drug-likeness (QED) is 0.804. The van der Waals surface area contributed by atoms with Crippen LogP contribution in [0, 0.1) is 6.92 Å². The summed E-state index contributed by atoms with van der Waals surface area (Å²) >= 11 is 0. The Bertz CT molecular complexity index is 833. The summed E-state index contributed by atoms with van der Waals surface area (Å²) in [6, 6.07) is 3.41. The number of ether oxygens (including phenoxy) is 2. The molecule has 1 aromatic carbocycles. The molecule has 128 valence electrons. The fourth-order valence-electron chi connectivity index (χ4n) is 3.15. The maximum atomic E-state index is 12.4. The van der Waals surface area contributed by atoms with E-state index in [4.69, 9.17) is 13.9 Å². The Morgan fingerprint density at radius 2 is 1.79 bits per heavy atom. The van der Waals surface area contributed by atoms with Crippen molar-refractivity contribution in [2.75, 3.05) is 27.3 Å². The molecule has 0 spiro atoms. The number of hydrogen-bond donors (Lipinski definition) is 0. The van der Waals surface area contributed by atoms with E-state index >= 15 is 0 Å². The first-order valence-electron chi connectivity index (χ1n) is 8.01. The normalized spacial score (nSPS) is 14.2. The maximum absolute atomic E-state index is 12.4. The number of carbonyl (C=O) groups excluding carboxylic acids is 1. The highest BCUT2D eigenvalue weighted by Crippen LogP contribution is 2.33. The predicted molar refractivity (Wildman–Crippen MR) is 89.8 cm³/mol. The summed E-state index contributed by atoms with van der Waals surface area (Å²) in [4.78, 5) is 26.5. The lowest BCUT2D eigenvalue weighted by atomic mass is 10.0. The van der Waals surface area contributed by atoms with Gasteiger partial charge in [0.1, 0.15) is 5.58 Å². The minimum absolute atomic E-state index is 0.0253. The Kier molecular flexibility index (Phi) is 4.46. The number of benzene rings is 1. The first-order chi connectivity index (χ1) is 11.5. The van der Waals surface area contributed by atoms with E-state index in [9.17, 15) is 9.59 Å². The van der Waals surface area contributed by atoms with Crippen LogP contribution < -0.4 is 15.1 Å². The number of fused-ring (bicyclic) bond motifs is 1. The lowest BCUT2D eigenvalue weighted by Gasteiger charge is -2.16. The molecule has 1 saturated heterocycles. The summed E-state index contributed by atoms with van der Waals surface area (Å²) < 4.78 is 16.0. The maximum Gasteiger partial charge on any atom is 0.340 e. The van der Waals surface area contributed by atoms with Crippen LogP contribution in [-0.2, 0) is 11.2 Å². The van der Waals surface area contributed by atoms with Crippen molar-refractivity contribution in [3.05, 3.63) is 33.7 Å². The number of aryl methyl sites for hydroxylation is 1. The average Bonchev–Trinajstić information content (AvgIpc) is 3.12. The molecule has 0 atom stereocenters. The lowest BCUT2D eigenvalue weighted by molar-refractivity contribution is -0.129. The van der Waals surface area contributed by atoms with Gasteiger partial charge in [0.15, 0.2) is 11.5 Å². The van der Waals surface area contributed by atoms with Crippen LogP contribution in [0.25, 0.3) is 11.0 Å². The fourth-order valence-corrected chi connectivity index (χ4v) is 3.15. The van der Waals surface area contributed by atoms with Crippen molar-refractivity contribution in [2.24, 2.45) is 0 Å². The Morgan fingerprint density at radius 3 is 2.42 bits per heavy atom. The molecule has 24 heavy (non-hydrogen) atoms. The third-order valence-corrected chi connectivity index (χ3v) is 4.58. The third kappa shape index (κ3) is 2.84. The second-order valence-corrected chi connectivity index (χ2v) is 5.96. The van der Waals surface area contributed by atoms with Gasteiger partial charge in [-0.2, -0.15) is 0 Å². The molecule has 6 nitrogen and oxygen atoms in total. The highest BCUT2D eigenvalue weighted by molar-refractivity contribution is 5.87. The Hall–Kier alpha value is -2.50. The number of carbonyl (C=O) groups is 1. The summed E-state index contributed by atoms with van der Waals surface area (Å²) in [5.41, 5.74) is 1.11. The molecule has 1 aliphatic rings. The number of likely N-dealkylation sites (tertiary alicyclic amines) is 1. The Balaban J connectivity index is 2.05.